The summed E-state index contributed by atoms with van der Waals surface area (Å²) in [6, 6.07) is 74.1. The Morgan fingerprint density at radius 1 is 0.232 bits per heavy atom. The van der Waals surface area contributed by atoms with E-state index in [0.717, 1.165) is 77.2 Å². The molecule has 0 aliphatic heterocycles. The van der Waals surface area contributed by atoms with E-state index in [1.807, 2.05) is 182 Å². The highest BCUT2D eigenvalue weighted by Gasteiger charge is 2.17. The minimum atomic E-state index is -0.414. The lowest BCUT2D eigenvalue weighted by Crippen LogP contribution is -2.09. The van der Waals surface area contributed by atoms with E-state index in [4.69, 9.17) is 0 Å². The maximum absolute atomic E-state index is 9.90. The first kappa shape index (κ1) is 33.4. The van der Waals surface area contributed by atoms with E-state index in [-0.39, 0.29) is 46.7 Å². The monoisotopic (exact) mass is 885 g/mol. The van der Waals surface area contributed by atoms with Crippen molar-refractivity contribution in [2.45, 2.75) is 0 Å². The molecule has 0 amide bonds. The van der Waals surface area contributed by atoms with Crippen LogP contribution in [0.1, 0.15) is 11.0 Å². The third-order valence-corrected chi connectivity index (χ3v) is 12.8. The fourth-order valence-corrected chi connectivity index (χ4v) is 9.36. The Morgan fingerprint density at radius 2 is 0.696 bits per heavy atom. The van der Waals surface area contributed by atoms with Crippen LogP contribution in [0, 0.1) is 0 Å². The topological polar surface area (TPSA) is 3.24 Å². The van der Waals surface area contributed by atoms with Crippen LogP contribution < -0.4 is 4.90 Å². The summed E-state index contributed by atoms with van der Waals surface area (Å²) >= 11 is 0. The van der Waals surface area contributed by atoms with Gasteiger partial charge in [-0.1, -0.05) is 230 Å². The fourth-order valence-electron chi connectivity index (χ4n) is 9.36. The molecule has 1 nitrogen and oxygen atoms in total. The van der Waals surface area contributed by atoms with E-state index in [1.165, 1.54) is 4.90 Å². The molecule has 0 fully saturated rings. The Balaban J connectivity index is 1.04. The molecule has 0 saturated carbocycles. The molecule has 0 radical (unpaired) electrons. The third kappa shape index (κ3) is 8.28. The number of hydrogen-bond donors (Lipinski definition) is 0. The quantitative estimate of drug-likeness (QED) is 0.132. The van der Waals surface area contributed by atoms with Gasteiger partial charge in [-0.3, -0.25) is 0 Å². The van der Waals surface area contributed by atoms with Crippen LogP contribution in [-0.4, -0.2) is 0 Å². The molecule has 12 rings (SSSR count). The minimum absolute atomic E-state index is 0.0850. The van der Waals surface area contributed by atoms with E-state index in [9.17, 15) is 11.0 Å². The average Bonchev–Trinajstić information content (AvgIpc) is 3.56. The zero-order chi connectivity index (χ0) is 52.9. The lowest BCUT2D eigenvalue weighted by Gasteiger charge is -2.26. The Kier molecular flexibility index (Phi) is 8.88. The van der Waals surface area contributed by atoms with Gasteiger partial charge >= 0.3 is 0 Å². The standard InChI is InChI=1S/C68H47N/c1-4-16-51(17-5-1)64-43-36-60(47-67(64)52-18-6-2-7-19-52)50-31-39-62(40-32-50)69(61-37-29-49(30-38-61)57-24-14-25-58(45-57)59-28-27-48-15-10-11-23-56(48)46-59)63-41-33-54(34-42-63)66-44-35-53-20-12-13-26-65(53)68(66)55-21-8-3-9-22-55/h1-47H/i31D,32D,33D,34D,39D,40D,41D,42D. The lowest BCUT2D eigenvalue weighted by molar-refractivity contribution is 1.28. The fraction of sp³-hybridized carbons (Fsp3) is 0. The van der Waals surface area contributed by atoms with Gasteiger partial charge < -0.3 is 4.90 Å². The number of nitrogens with zero attached hydrogens (tertiary/aromatic N) is 1. The highest BCUT2D eigenvalue weighted by atomic mass is 15.1. The second-order valence-corrected chi connectivity index (χ2v) is 17.0. The van der Waals surface area contributed by atoms with E-state index in [0.29, 0.717) is 16.8 Å². The Morgan fingerprint density at radius 3 is 1.38 bits per heavy atom. The van der Waals surface area contributed by atoms with Crippen molar-refractivity contribution in [1.82, 2.24) is 0 Å². The molecule has 12 aromatic rings. The summed E-state index contributed by atoms with van der Waals surface area (Å²) in [7, 11) is 0. The predicted molar refractivity (Wildman–Crippen MR) is 294 cm³/mol. The molecule has 0 heterocycles. The summed E-state index contributed by atoms with van der Waals surface area (Å²) < 4.78 is 78.6. The molecule has 0 N–H and O–H groups in total. The zero-order valence-corrected chi connectivity index (χ0v) is 37.5. The third-order valence-electron chi connectivity index (χ3n) is 12.8. The van der Waals surface area contributed by atoms with Gasteiger partial charge in [-0.15, -0.1) is 0 Å². The maximum atomic E-state index is 9.90. The second-order valence-electron chi connectivity index (χ2n) is 17.0. The van der Waals surface area contributed by atoms with Crippen LogP contribution in [0.15, 0.2) is 285 Å². The number of hydrogen-bond acceptors (Lipinski definition) is 1. The SMILES string of the molecule is [2H]c1c([2H])c(N(c2ccc(-c3cccc(-c4ccc5ccccc5c4)c3)cc2)c2c([2H])c([2H])c(-c3ccc4ccccc4c3-c3ccccc3)c([2H])c2[2H])c([2H])c([2H])c1-c1ccc(-c2ccccc2)c(-c2ccccc2)c1. The normalized spacial score (nSPS) is 12.8. The van der Waals surface area contributed by atoms with Crippen molar-refractivity contribution >= 4 is 38.6 Å². The summed E-state index contributed by atoms with van der Waals surface area (Å²) in [6.45, 7) is 0. The van der Waals surface area contributed by atoms with Crippen LogP contribution in [0.4, 0.5) is 17.1 Å². The molecule has 1 heteroatoms. The van der Waals surface area contributed by atoms with Crippen molar-refractivity contribution in [3.63, 3.8) is 0 Å². The van der Waals surface area contributed by atoms with Gasteiger partial charge in [-0.25, -0.2) is 0 Å². The number of fused-ring (bicyclic) bond motifs is 2. The number of anilines is 3. The molecule has 12 aromatic carbocycles. The second kappa shape index (κ2) is 18.3. The molecule has 0 saturated heterocycles. The molecule has 0 atom stereocenters. The highest BCUT2D eigenvalue weighted by molar-refractivity contribution is 6.04. The van der Waals surface area contributed by atoms with Crippen LogP contribution >= 0.6 is 0 Å². The van der Waals surface area contributed by atoms with Crippen molar-refractivity contribution in [3.8, 4) is 77.9 Å². The van der Waals surface area contributed by atoms with Gasteiger partial charge in [0.15, 0.2) is 0 Å². The molecule has 0 aliphatic rings. The molecule has 69 heavy (non-hydrogen) atoms. The van der Waals surface area contributed by atoms with E-state index < -0.39 is 24.2 Å². The molecule has 0 spiro atoms. The summed E-state index contributed by atoms with van der Waals surface area (Å²) in [5, 5.41) is 4.12. The molecule has 324 valence electrons. The summed E-state index contributed by atoms with van der Waals surface area (Å²) in [5.41, 5.74) is 10.2. The molecule has 0 bridgehead atoms. The van der Waals surface area contributed by atoms with Gasteiger partial charge in [-0.05, 0) is 154 Å². The minimum Gasteiger partial charge on any atom is -0.311 e. The summed E-state index contributed by atoms with van der Waals surface area (Å²) in [6.07, 6.45) is 0. The summed E-state index contributed by atoms with van der Waals surface area (Å²) in [4.78, 5) is 1.37. The van der Waals surface area contributed by atoms with Crippen molar-refractivity contribution in [1.29, 1.82) is 0 Å². The van der Waals surface area contributed by atoms with Crippen molar-refractivity contribution in [2.75, 3.05) is 4.90 Å². The largest absolute Gasteiger partial charge is 0.311 e. The first-order valence-corrected chi connectivity index (χ1v) is 23.1. The van der Waals surface area contributed by atoms with Gasteiger partial charge in [-0.2, -0.15) is 0 Å². The molecule has 0 aromatic heterocycles. The molecule has 0 aliphatic carbocycles. The first-order chi connectivity index (χ1) is 37.5. The van der Waals surface area contributed by atoms with Gasteiger partial charge in [0.1, 0.15) is 0 Å². The zero-order valence-electron chi connectivity index (χ0n) is 45.5. The van der Waals surface area contributed by atoms with Gasteiger partial charge in [0.25, 0.3) is 0 Å². The van der Waals surface area contributed by atoms with Crippen molar-refractivity contribution < 1.29 is 11.0 Å². The Hall–Kier alpha value is -9.04. The lowest BCUT2D eigenvalue weighted by atomic mass is 9.90. The first-order valence-electron chi connectivity index (χ1n) is 27.1. The van der Waals surface area contributed by atoms with Gasteiger partial charge in [0.2, 0.25) is 0 Å². The van der Waals surface area contributed by atoms with E-state index >= 15 is 0 Å². The molecule has 0 unspecified atom stereocenters. The molecular weight excluding hydrogens is 831 g/mol. The van der Waals surface area contributed by atoms with Gasteiger partial charge in [0.05, 0.1) is 11.0 Å². The maximum Gasteiger partial charge on any atom is 0.0645 e. The van der Waals surface area contributed by atoms with Crippen LogP contribution in [-0.2, 0) is 0 Å². The van der Waals surface area contributed by atoms with E-state index in [1.54, 1.807) is 12.1 Å². The number of rotatable bonds is 10. The smallest absolute Gasteiger partial charge is 0.0645 e. The number of benzene rings is 12. The predicted octanol–water partition coefficient (Wildman–Crippen LogP) is 19.1. The Labute approximate surface area is 415 Å². The Bertz CT molecular complexity index is 4180. The van der Waals surface area contributed by atoms with Crippen LogP contribution in [0.5, 0.6) is 0 Å². The highest BCUT2D eigenvalue weighted by Crippen LogP contribution is 2.42. The van der Waals surface area contributed by atoms with Gasteiger partial charge in [0, 0.05) is 17.1 Å². The van der Waals surface area contributed by atoms with E-state index in [2.05, 4.69) is 42.5 Å². The van der Waals surface area contributed by atoms with Crippen molar-refractivity contribution in [3.05, 3.63) is 285 Å². The average molecular weight is 886 g/mol. The van der Waals surface area contributed by atoms with Crippen molar-refractivity contribution in [2.24, 2.45) is 0 Å². The van der Waals surface area contributed by atoms with Crippen LogP contribution in [0.3, 0.4) is 0 Å². The van der Waals surface area contributed by atoms with Crippen LogP contribution in [0.2, 0.25) is 0 Å². The molecular formula is C68H47N. The van der Waals surface area contributed by atoms with Crippen LogP contribution in [0.25, 0.3) is 99.4 Å². The summed E-state index contributed by atoms with van der Waals surface area (Å²) in [5.74, 6) is 0.